The van der Waals surface area contributed by atoms with Crippen molar-refractivity contribution in [3.05, 3.63) is 130 Å². The fourth-order valence-corrected chi connectivity index (χ4v) is 11.8. The van der Waals surface area contributed by atoms with Crippen molar-refractivity contribution in [3.63, 3.8) is 0 Å². The van der Waals surface area contributed by atoms with Gasteiger partial charge >= 0.3 is 201 Å². The molecule has 0 radical (unpaired) electrons. The molecule has 2 aliphatic rings. The number of carbonyl (C=O) groups is 2. The number of nitrogens with zero attached hydrogens (tertiary/aromatic N) is 2. The summed E-state index contributed by atoms with van der Waals surface area (Å²) in [5.41, 5.74) is 7.52. The quantitative estimate of drug-likeness (QED) is 0.0787. The number of fused-ring (bicyclic) bond motifs is 2. The number of rotatable bonds is 18. The number of alkyl halides is 1. The van der Waals surface area contributed by atoms with Gasteiger partial charge in [-0.15, -0.1) is 0 Å². The summed E-state index contributed by atoms with van der Waals surface area (Å²) < 4.78 is 65.0. The molecule has 0 aromatic heterocycles. The number of hydrogen-bond acceptors (Lipinski definition) is 7. The van der Waals surface area contributed by atoms with E-state index in [1.807, 2.05) is 104 Å². The second-order valence-electron chi connectivity index (χ2n) is 14.8. The molecule has 11 nitrogen and oxygen atoms in total. The van der Waals surface area contributed by atoms with Gasteiger partial charge in [0.05, 0.1) is 5.69 Å². The number of nitrogens with one attached hydrogen (secondary N) is 2. The summed E-state index contributed by atoms with van der Waals surface area (Å²) >= 11 is -0.495. The Balaban J connectivity index is 0.000000221. The van der Waals surface area contributed by atoms with Crippen LogP contribution < -0.4 is 43.5 Å². The van der Waals surface area contributed by atoms with Gasteiger partial charge in [0.25, 0.3) is 0 Å². The van der Waals surface area contributed by atoms with Crippen LogP contribution in [0.1, 0.15) is 67.0 Å². The van der Waals surface area contributed by atoms with Gasteiger partial charge in [-0.25, -0.2) is 0 Å². The number of benzene rings is 4. The summed E-state index contributed by atoms with van der Waals surface area (Å²) in [5.74, 6) is 0.197. The van der Waals surface area contributed by atoms with E-state index in [-0.39, 0.29) is 23.4 Å². The zero-order valence-electron chi connectivity index (χ0n) is 33.7. The van der Waals surface area contributed by atoms with Gasteiger partial charge in [-0.1, -0.05) is 56.3 Å². The van der Waals surface area contributed by atoms with Crippen LogP contribution in [0.4, 0.5) is 11.4 Å². The number of nitrogens with two attached hydrogens (primary N) is 1. The molecule has 2 aliphatic heterocycles. The van der Waals surface area contributed by atoms with Crippen LogP contribution in [0.25, 0.3) is 0 Å². The molecule has 2 heterocycles. The number of halogens is 1. The second-order valence-corrected chi connectivity index (χ2v) is 19.9. The first-order valence-corrected chi connectivity index (χ1v) is 25.7. The number of ketones is 2. The minimum atomic E-state index is -3.57. The standard InChI is InChI=1S/C22H29IN3O3S.C22H28N2O3S/c1-2-25-30(28,29)26-13-7-11-20-18(10-6-12-21(20)26)15-22(27)19(16-23-24)14-17-8-4-3-5-9-17;1-3-23-28(26,27)24-14-8-12-20-19(11-7-13-21(20)24)16-22(25)17(2)15-18-9-5-4-6-10-18/h3-6,8-10,12,19,25H,2,7,11,13-16,24H2,1H3;4-7,9-11,13,17,23H,3,8,12,14-16H2,1-2H3/q-1;/t19-;17-/m10/s1. The summed E-state index contributed by atoms with van der Waals surface area (Å²) in [6.45, 7) is 7.11. The molecule has 0 saturated carbocycles. The summed E-state index contributed by atoms with van der Waals surface area (Å²) in [6.07, 6.45) is 5.15. The van der Waals surface area contributed by atoms with Crippen LogP contribution in [-0.4, -0.2) is 59.0 Å². The zero-order chi connectivity index (χ0) is 41.7. The first-order valence-electron chi connectivity index (χ1n) is 20.1. The van der Waals surface area contributed by atoms with Gasteiger partial charge in [0.2, 0.25) is 0 Å². The fraction of sp³-hybridized carbons (Fsp3) is 0.409. The normalized spacial score (nSPS) is 15.1. The number of anilines is 2. The van der Waals surface area contributed by atoms with Crippen LogP contribution in [0.15, 0.2) is 97.1 Å². The van der Waals surface area contributed by atoms with Crippen molar-refractivity contribution in [3.8, 4) is 0 Å². The topological polar surface area (TPSA) is 159 Å². The summed E-state index contributed by atoms with van der Waals surface area (Å²) in [5, 5.41) is 0. The van der Waals surface area contributed by atoms with Gasteiger partial charge in [-0.3, -0.25) is 9.10 Å². The fourth-order valence-electron chi connectivity index (χ4n) is 7.71. The number of carbonyl (C=O) groups excluding carboxylic acids is 2. The molecule has 0 bridgehead atoms. The molecule has 4 aromatic carbocycles. The van der Waals surface area contributed by atoms with Crippen LogP contribution in [0.5, 0.6) is 0 Å². The van der Waals surface area contributed by atoms with Crippen molar-refractivity contribution in [1.82, 2.24) is 9.44 Å². The third-order valence-electron chi connectivity index (χ3n) is 10.6. The van der Waals surface area contributed by atoms with Crippen molar-refractivity contribution in [2.75, 3.05) is 39.2 Å². The SMILES string of the molecule is CCNS(=O)(=O)N1CCCc2c(CC(=O)[C@@H](C)Cc3ccccc3)cccc21.CCNS(=O)(=O)N1CCCc2c(CC(=O)[C@@H](C[I-]N)Cc3ccccc3)cccc21. The molecule has 4 aromatic rings. The van der Waals surface area contributed by atoms with Crippen molar-refractivity contribution in [2.45, 2.75) is 72.1 Å². The maximum absolute atomic E-state index is 13.2. The van der Waals surface area contributed by atoms with E-state index in [4.69, 9.17) is 3.95 Å². The van der Waals surface area contributed by atoms with Crippen molar-refractivity contribution < 1.29 is 47.9 Å². The average Bonchev–Trinajstić information content (AvgIpc) is 3.21. The van der Waals surface area contributed by atoms with Crippen molar-refractivity contribution in [2.24, 2.45) is 15.8 Å². The van der Waals surface area contributed by atoms with Gasteiger partial charge in [-0.2, -0.15) is 13.1 Å². The monoisotopic (exact) mass is 942 g/mol. The minimum absolute atomic E-state index is 0.0801. The van der Waals surface area contributed by atoms with Crippen LogP contribution in [0.3, 0.4) is 0 Å². The Bertz CT molecular complexity index is 2210. The van der Waals surface area contributed by atoms with Crippen molar-refractivity contribution in [1.29, 1.82) is 0 Å². The molecule has 58 heavy (non-hydrogen) atoms. The van der Waals surface area contributed by atoms with Gasteiger partial charge in [0.15, 0.2) is 0 Å². The Morgan fingerprint density at radius 3 is 1.55 bits per heavy atom. The molecule has 0 saturated heterocycles. The third kappa shape index (κ3) is 12.0. The van der Waals surface area contributed by atoms with E-state index in [1.165, 1.54) is 8.61 Å². The molecule has 0 spiro atoms. The van der Waals surface area contributed by atoms with Gasteiger partial charge in [0, 0.05) is 25.4 Å². The molecule has 0 fully saturated rings. The van der Waals surface area contributed by atoms with E-state index in [0.717, 1.165) is 69.9 Å². The zero-order valence-corrected chi connectivity index (χ0v) is 37.5. The van der Waals surface area contributed by atoms with E-state index in [9.17, 15) is 26.4 Å². The van der Waals surface area contributed by atoms with Crippen LogP contribution in [0, 0.1) is 11.8 Å². The van der Waals surface area contributed by atoms with Crippen molar-refractivity contribution >= 4 is 43.4 Å². The predicted molar refractivity (Wildman–Crippen MR) is 229 cm³/mol. The number of hydrogen-bond donors (Lipinski definition) is 3. The summed E-state index contributed by atoms with van der Waals surface area (Å²) in [7, 11) is -7.12. The molecule has 14 heteroatoms. The van der Waals surface area contributed by atoms with E-state index < -0.39 is 41.9 Å². The first kappa shape index (κ1) is 45.4. The summed E-state index contributed by atoms with van der Waals surface area (Å²) in [6, 6.07) is 31.3. The number of Topliss-reactive ketones (excluding diaryl/α,β-unsaturated/α-hetero) is 2. The Kier molecular flexibility index (Phi) is 16.9. The summed E-state index contributed by atoms with van der Waals surface area (Å²) in [4.78, 5) is 26.0. The van der Waals surface area contributed by atoms with Crippen LogP contribution >= 0.6 is 0 Å². The molecule has 6 rings (SSSR count). The van der Waals surface area contributed by atoms with Crippen LogP contribution in [0.2, 0.25) is 0 Å². The molecule has 2 atom stereocenters. The Hall–Kier alpha value is -3.67. The molecular weight excluding hydrogens is 886 g/mol. The second kappa shape index (κ2) is 21.5. The van der Waals surface area contributed by atoms with E-state index in [2.05, 4.69) is 9.44 Å². The van der Waals surface area contributed by atoms with E-state index in [1.54, 1.807) is 13.8 Å². The molecule has 0 amide bonds. The molecule has 4 N–H and O–H groups in total. The maximum atomic E-state index is 13.2. The predicted octanol–water partition coefficient (Wildman–Crippen LogP) is 2.51. The molecule has 314 valence electrons. The Morgan fingerprint density at radius 1 is 0.655 bits per heavy atom. The van der Waals surface area contributed by atoms with Gasteiger partial charge < -0.3 is 0 Å². The third-order valence-corrected chi connectivity index (χ3v) is 15.4. The van der Waals surface area contributed by atoms with E-state index >= 15 is 0 Å². The molecular formula is C44H57IN5O6S2-. The first-order chi connectivity index (χ1) is 27.9. The molecule has 0 unspecified atom stereocenters. The van der Waals surface area contributed by atoms with Gasteiger partial charge in [-0.05, 0) is 42.0 Å². The van der Waals surface area contributed by atoms with Gasteiger partial charge in [0.1, 0.15) is 5.78 Å². The van der Waals surface area contributed by atoms with Crippen LogP contribution in [-0.2, 0) is 68.5 Å². The Labute approximate surface area is 356 Å². The molecule has 0 aliphatic carbocycles. The van der Waals surface area contributed by atoms with E-state index in [0.29, 0.717) is 56.8 Å². The average molecular weight is 943 g/mol. The Morgan fingerprint density at radius 2 is 1.10 bits per heavy atom.